The Labute approximate surface area is 201 Å². The third-order valence-electron chi connectivity index (χ3n) is 6.06. The monoisotopic (exact) mass is 464 g/mol. The number of hydrogen-bond donors (Lipinski definition) is 2. The van der Waals surface area contributed by atoms with Gasteiger partial charge in [-0.05, 0) is 31.5 Å². The van der Waals surface area contributed by atoms with Gasteiger partial charge in [0, 0.05) is 17.7 Å². The van der Waals surface area contributed by atoms with Crippen LogP contribution in [-0.2, 0) is 4.74 Å². The molecular formula is C28H36N2O4. The number of nitrogens with one attached hydrogen (secondary N) is 1. The minimum Gasteiger partial charge on any atom is -0.494 e. The fourth-order valence-electron chi connectivity index (χ4n) is 4.15. The molecule has 0 aliphatic carbocycles. The van der Waals surface area contributed by atoms with Gasteiger partial charge in [-0.1, -0.05) is 88.3 Å². The summed E-state index contributed by atoms with van der Waals surface area (Å²) in [6.07, 6.45) is 8.84. The molecule has 1 unspecified atom stereocenters. The summed E-state index contributed by atoms with van der Waals surface area (Å²) in [6.45, 7) is 4.41. The Kier molecular flexibility index (Phi) is 9.71. The number of aromatic hydroxyl groups is 1. The van der Waals surface area contributed by atoms with E-state index >= 15 is 0 Å². The number of ether oxygens (including phenoxy) is 1. The van der Waals surface area contributed by atoms with E-state index in [1.54, 1.807) is 43.3 Å². The maximum atomic E-state index is 13.2. The number of Topliss-reactive ketones (excluding diaryl/α,β-unsaturated/α-hetero) is 1. The van der Waals surface area contributed by atoms with Crippen molar-refractivity contribution in [2.24, 2.45) is 0 Å². The first-order valence-corrected chi connectivity index (χ1v) is 12.4. The van der Waals surface area contributed by atoms with Crippen LogP contribution in [-0.4, -0.2) is 34.2 Å². The number of rotatable bonds is 13. The zero-order valence-electron chi connectivity index (χ0n) is 20.3. The van der Waals surface area contributed by atoms with Gasteiger partial charge in [-0.25, -0.2) is 9.36 Å². The first-order chi connectivity index (χ1) is 16.5. The minimum atomic E-state index is -0.716. The molecule has 2 N–H and O–H groups in total. The highest BCUT2D eigenvalue weighted by molar-refractivity contribution is 6.15. The molecule has 0 spiro atoms. The number of para-hydroxylation sites is 2. The lowest BCUT2D eigenvalue weighted by Gasteiger charge is -2.12. The number of anilines is 1. The molecule has 2 aromatic carbocycles. The summed E-state index contributed by atoms with van der Waals surface area (Å²) >= 11 is 0. The van der Waals surface area contributed by atoms with Gasteiger partial charge in [-0.3, -0.25) is 4.79 Å². The van der Waals surface area contributed by atoms with E-state index in [2.05, 4.69) is 12.2 Å². The topological polar surface area (TPSA) is 80.6 Å². The normalized spacial score (nSPS) is 12.1. The summed E-state index contributed by atoms with van der Waals surface area (Å²) in [7, 11) is 0. The zero-order chi connectivity index (χ0) is 24.3. The van der Waals surface area contributed by atoms with Crippen LogP contribution in [0, 0.1) is 0 Å². The Balaban J connectivity index is 1.64. The van der Waals surface area contributed by atoms with Crippen LogP contribution in [0.5, 0.6) is 5.88 Å². The molecule has 0 aliphatic heterocycles. The molecule has 1 amide bonds. The number of amides is 1. The lowest BCUT2D eigenvalue weighted by Crippen LogP contribution is -2.22. The maximum absolute atomic E-state index is 13.2. The van der Waals surface area contributed by atoms with Crippen molar-refractivity contribution in [1.82, 2.24) is 4.57 Å². The Hall–Kier alpha value is -3.12. The molecule has 0 aliphatic rings. The molecular weight excluding hydrogens is 428 g/mol. The van der Waals surface area contributed by atoms with Gasteiger partial charge in [-0.2, -0.15) is 0 Å². The van der Waals surface area contributed by atoms with Gasteiger partial charge in [0.15, 0.2) is 5.78 Å². The van der Waals surface area contributed by atoms with Crippen LogP contribution < -0.4 is 5.32 Å². The highest BCUT2D eigenvalue weighted by Gasteiger charge is 2.28. The third kappa shape index (κ3) is 6.48. The first kappa shape index (κ1) is 25.5. The largest absolute Gasteiger partial charge is 0.494 e. The SMILES string of the molecule is CCCCCCCCCCOC(C)C(=O)c1c(O)n(C(=O)Nc2ccccc2)c2ccccc12. The second-order valence-corrected chi connectivity index (χ2v) is 8.70. The van der Waals surface area contributed by atoms with E-state index in [9.17, 15) is 14.7 Å². The Morgan fingerprint density at radius 1 is 0.912 bits per heavy atom. The van der Waals surface area contributed by atoms with Crippen LogP contribution in [0.2, 0.25) is 0 Å². The highest BCUT2D eigenvalue weighted by Crippen LogP contribution is 2.33. The first-order valence-electron chi connectivity index (χ1n) is 12.4. The number of ketones is 1. The van der Waals surface area contributed by atoms with Gasteiger partial charge in [0.2, 0.25) is 5.88 Å². The molecule has 1 aromatic heterocycles. The molecule has 6 nitrogen and oxygen atoms in total. The number of nitrogens with zero attached hydrogens (tertiary/aromatic N) is 1. The second-order valence-electron chi connectivity index (χ2n) is 8.70. The van der Waals surface area contributed by atoms with Gasteiger partial charge in [-0.15, -0.1) is 0 Å². The summed E-state index contributed by atoms with van der Waals surface area (Å²) in [5, 5.41) is 14.2. The minimum absolute atomic E-state index is 0.113. The third-order valence-corrected chi connectivity index (χ3v) is 6.06. The number of carbonyl (C=O) groups is 2. The molecule has 182 valence electrons. The summed E-state index contributed by atoms with van der Waals surface area (Å²) in [5.41, 5.74) is 1.17. The van der Waals surface area contributed by atoms with Crippen LogP contribution in [0.1, 0.15) is 75.6 Å². The molecule has 0 radical (unpaired) electrons. The zero-order valence-corrected chi connectivity index (χ0v) is 20.3. The van der Waals surface area contributed by atoms with E-state index in [4.69, 9.17) is 4.74 Å². The predicted octanol–water partition coefficient (Wildman–Crippen LogP) is 7.16. The number of benzene rings is 2. The van der Waals surface area contributed by atoms with Crippen molar-refractivity contribution in [3.05, 3.63) is 60.2 Å². The fraction of sp³-hybridized carbons (Fsp3) is 0.429. The van der Waals surface area contributed by atoms with Crippen LogP contribution >= 0.6 is 0 Å². The lowest BCUT2D eigenvalue weighted by molar-refractivity contribution is 0.0463. The molecule has 0 fully saturated rings. The van der Waals surface area contributed by atoms with E-state index in [0.717, 1.165) is 17.4 Å². The van der Waals surface area contributed by atoms with Crippen molar-refractivity contribution in [3.8, 4) is 5.88 Å². The predicted molar refractivity (Wildman–Crippen MR) is 137 cm³/mol. The molecule has 34 heavy (non-hydrogen) atoms. The van der Waals surface area contributed by atoms with Gasteiger partial charge in [0.05, 0.1) is 11.1 Å². The number of hydrogen-bond acceptors (Lipinski definition) is 4. The maximum Gasteiger partial charge on any atom is 0.333 e. The second kappa shape index (κ2) is 12.9. The highest BCUT2D eigenvalue weighted by atomic mass is 16.5. The Morgan fingerprint density at radius 2 is 1.53 bits per heavy atom. The van der Waals surface area contributed by atoms with Crippen LogP contribution in [0.15, 0.2) is 54.6 Å². The van der Waals surface area contributed by atoms with Crippen molar-refractivity contribution in [2.45, 2.75) is 71.3 Å². The molecule has 3 aromatic rings. The van der Waals surface area contributed by atoms with Crippen LogP contribution in [0.3, 0.4) is 0 Å². The summed E-state index contributed by atoms with van der Waals surface area (Å²) in [4.78, 5) is 26.2. The number of unbranched alkanes of at least 4 members (excludes halogenated alkanes) is 7. The molecule has 0 bridgehead atoms. The summed E-state index contributed by atoms with van der Waals surface area (Å²) < 4.78 is 6.94. The Morgan fingerprint density at radius 3 is 2.24 bits per heavy atom. The fourth-order valence-corrected chi connectivity index (χ4v) is 4.15. The average molecular weight is 465 g/mol. The van der Waals surface area contributed by atoms with Crippen molar-refractivity contribution in [1.29, 1.82) is 0 Å². The molecule has 3 rings (SSSR count). The van der Waals surface area contributed by atoms with Gasteiger partial charge >= 0.3 is 6.03 Å². The van der Waals surface area contributed by atoms with Crippen molar-refractivity contribution < 1.29 is 19.4 Å². The van der Waals surface area contributed by atoms with E-state index < -0.39 is 12.1 Å². The Bertz CT molecular complexity index is 1070. The van der Waals surface area contributed by atoms with Crippen molar-refractivity contribution in [3.63, 3.8) is 0 Å². The molecule has 6 heteroatoms. The standard InChI is InChI=1S/C28H36N2O4/c1-3-4-5-6-7-8-9-15-20-34-21(2)26(31)25-23-18-13-14-19-24(23)30(27(25)32)28(33)29-22-16-11-10-12-17-22/h10-14,16-19,21,32H,3-9,15,20H2,1-2H3,(H,29,33). The van der Waals surface area contributed by atoms with E-state index in [0.29, 0.717) is 23.2 Å². The number of aromatic nitrogens is 1. The molecule has 0 saturated heterocycles. The molecule has 0 saturated carbocycles. The van der Waals surface area contributed by atoms with Gasteiger partial charge in [0.1, 0.15) is 6.10 Å². The lowest BCUT2D eigenvalue weighted by atomic mass is 10.1. The van der Waals surface area contributed by atoms with E-state index in [1.807, 2.05) is 18.2 Å². The number of fused-ring (bicyclic) bond motifs is 1. The van der Waals surface area contributed by atoms with E-state index in [1.165, 1.54) is 38.5 Å². The van der Waals surface area contributed by atoms with Crippen LogP contribution in [0.25, 0.3) is 10.9 Å². The smallest absolute Gasteiger partial charge is 0.333 e. The van der Waals surface area contributed by atoms with Gasteiger partial charge < -0.3 is 15.2 Å². The molecule has 1 heterocycles. The summed E-state index contributed by atoms with van der Waals surface area (Å²) in [5.74, 6) is -0.707. The van der Waals surface area contributed by atoms with Gasteiger partial charge in [0.25, 0.3) is 0 Å². The van der Waals surface area contributed by atoms with Crippen molar-refractivity contribution in [2.75, 3.05) is 11.9 Å². The van der Waals surface area contributed by atoms with Crippen molar-refractivity contribution >= 4 is 28.4 Å². The molecule has 1 atom stereocenters. The number of carbonyl (C=O) groups excluding carboxylic acids is 2. The average Bonchev–Trinajstić information content (AvgIpc) is 3.14. The van der Waals surface area contributed by atoms with Crippen LogP contribution in [0.4, 0.5) is 10.5 Å². The van der Waals surface area contributed by atoms with E-state index in [-0.39, 0.29) is 17.2 Å². The summed E-state index contributed by atoms with van der Waals surface area (Å²) in [6, 6.07) is 15.4. The quantitative estimate of drug-likeness (QED) is 0.208.